The first-order chi connectivity index (χ1) is 4.68. The second kappa shape index (κ2) is 3.30. The Hall–Kier alpha value is -0.160. The van der Waals surface area contributed by atoms with E-state index < -0.39 is 6.41 Å². The molecule has 0 spiro atoms. The Balaban J connectivity index is 2.18. The minimum Gasteiger partial charge on any atom is -0.356 e. The maximum Gasteiger partial charge on any atom is 0.211 e. The van der Waals surface area contributed by atoms with E-state index in [1.165, 1.54) is 0 Å². The summed E-state index contributed by atoms with van der Waals surface area (Å²) in [6, 6.07) is 0.476. The summed E-state index contributed by atoms with van der Waals surface area (Å²) in [5.41, 5.74) is 5.02. The van der Waals surface area contributed by atoms with E-state index in [4.69, 9.17) is 15.6 Å². The zero-order valence-electron chi connectivity index (χ0n) is 6.08. The highest BCUT2D eigenvalue weighted by molar-refractivity contribution is 4.78. The van der Waals surface area contributed by atoms with Crippen LogP contribution in [0.15, 0.2) is 0 Å². The topological polar surface area (TPSA) is 67.5 Å². The van der Waals surface area contributed by atoms with Crippen molar-refractivity contribution < 1.29 is 9.84 Å². The molecule has 0 bridgehead atoms. The average molecular weight is 146 g/mol. The number of rotatable bonds is 2. The lowest BCUT2D eigenvalue weighted by Gasteiger charge is -2.11. The van der Waals surface area contributed by atoms with Gasteiger partial charge in [-0.2, -0.15) is 0 Å². The van der Waals surface area contributed by atoms with E-state index in [-0.39, 0.29) is 6.10 Å². The van der Waals surface area contributed by atoms with Gasteiger partial charge in [-0.1, -0.05) is 0 Å². The first kappa shape index (κ1) is 7.94. The van der Waals surface area contributed by atoms with E-state index >= 15 is 0 Å². The van der Waals surface area contributed by atoms with Crippen LogP contribution in [0.2, 0.25) is 0 Å². The Morgan fingerprint density at radius 2 is 2.50 bits per heavy atom. The summed E-state index contributed by atoms with van der Waals surface area (Å²) in [4.78, 5) is 0. The van der Waals surface area contributed by atoms with Crippen LogP contribution in [0, 0.1) is 0 Å². The van der Waals surface area contributed by atoms with Crippen molar-refractivity contribution in [3.63, 3.8) is 0 Å². The lowest BCUT2D eigenvalue weighted by molar-refractivity contribution is -0.125. The summed E-state index contributed by atoms with van der Waals surface area (Å²) in [5, 5.41) is 11.8. The Morgan fingerprint density at radius 3 is 2.90 bits per heavy atom. The highest BCUT2D eigenvalue weighted by Gasteiger charge is 2.22. The molecule has 0 aromatic carbocycles. The molecule has 3 unspecified atom stereocenters. The van der Waals surface area contributed by atoms with E-state index in [2.05, 4.69) is 12.2 Å². The highest BCUT2D eigenvalue weighted by atomic mass is 16.6. The molecular formula is C6H14N2O2. The number of aliphatic hydroxyl groups is 1. The molecular weight excluding hydrogens is 132 g/mol. The minimum atomic E-state index is -1.13. The predicted octanol–water partition coefficient (Wildman–Crippen LogP) is -1.01. The third-order valence-corrected chi connectivity index (χ3v) is 1.64. The Labute approximate surface area is 60.4 Å². The van der Waals surface area contributed by atoms with Crippen LogP contribution in [0.4, 0.5) is 0 Å². The third-order valence-electron chi connectivity index (χ3n) is 1.64. The monoisotopic (exact) mass is 146 g/mol. The average Bonchev–Trinajstić information content (AvgIpc) is 2.13. The fraction of sp³-hybridized carbons (Fsp3) is 1.00. The van der Waals surface area contributed by atoms with Crippen molar-refractivity contribution in [2.75, 3.05) is 6.54 Å². The summed E-state index contributed by atoms with van der Waals surface area (Å²) in [6.07, 6.45) is -0.124. The highest BCUT2D eigenvalue weighted by Crippen LogP contribution is 2.09. The molecule has 10 heavy (non-hydrogen) atoms. The van der Waals surface area contributed by atoms with E-state index in [0.717, 1.165) is 13.0 Å². The van der Waals surface area contributed by atoms with Gasteiger partial charge in [0.1, 0.15) is 0 Å². The number of aliphatic hydroxyl groups excluding tert-OH is 1. The summed E-state index contributed by atoms with van der Waals surface area (Å²) in [7, 11) is 0. The molecule has 1 aliphatic heterocycles. The third kappa shape index (κ3) is 2.22. The van der Waals surface area contributed by atoms with Gasteiger partial charge in [0.25, 0.3) is 0 Å². The second-order valence-corrected chi connectivity index (χ2v) is 2.69. The molecule has 3 atom stereocenters. The van der Waals surface area contributed by atoms with Gasteiger partial charge in [0.05, 0.1) is 6.10 Å². The van der Waals surface area contributed by atoms with E-state index in [9.17, 15) is 0 Å². The maximum absolute atomic E-state index is 8.63. The molecule has 1 aliphatic rings. The number of hydrogen-bond donors (Lipinski definition) is 3. The molecule has 1 fully saturated rings. The zero-order valence-corrected chi connectivity index (χ0v) is 6.08. The minimum absolute atomic E-state index is 0.0787. The molecule has 60 valence electrons. The number of nitrogens with two attached hydrogens (primary N) is 1. The second-order valence-electron chi connectivity index (χ2n) is 2.69. The number of nitrogens with one attached hydrogen (secondary N) is 1. The van der Waals surface area contributed by atoms with Gasteiger partial charge in [0.2, 0.25) is 6.41 Å². The molecule has 4 heteroatoms. The predicted molar refractivity (Wildman–Crippen MR) is 37.1 cm³/mol. The van der Waals surface area contributed by atoms with Crippen molar-refractivity contribution in [3.8, 4) is 0 Å². The molecule has 0 amide bonds. The van der Waals surface area contributed by atoms with Gasteiger partial charge < -0.3 is 15.2 Å². The van der Waals surface area contributed by atoms with Crippen molar-refractivity contribution >= 4 is 0 Å². The summed E-state index contributed by atoms with van der Waals surface area (Å²) < 4.78 is 4.95. The molecule has 0 aromatic heterocycles. The normalized spacial score (nSPS) is 36.3. The first-order valence-corrected chi connectivity index (χ1v) is 3.51. The standard InChI is InChI=1S/C6H14N2O2/c1-4-2-5(3-8-4)10-6(7)9/h4-6,8-9H,2-3,7H2,1H3. The van der Waals surface area contributed by atoms with Crippen LogP contribution in [-0.2, 0) is 4.74 Å². The summed E-state index contributed by atoms with van der Waals surface area (Å²) >= 11 is 0. The van der Waals surface area contributed by atoms with Crippen molar-refractivity contribution in [3.05, 3.63) is 0 Å². The quantitative estimate of drug-likeness (QED) is 0.437. The van der Waals surface area contributed by atoms with Gasteiger partial charge in [0.15, 0.2) is 0 Å². The summed E-state index contributed by atoms with van der Waals surface area (Å²) in [5.74, 6) is 0. The Bertz CT molecular complexity index is 108. The molecule has 0 aliphatic carbocycles. The molecule has 4 N–H and O–H groups in total. The van der Waals surface area contributed by atoms with Gasteiger partial charge in [-0.3, -0.25) is 5.73 Å². The fourth-order valence-electron chi connectivity index (χ4n) is 1.19. The van der Waals surface area contributed by atoms with Crippen LogP contribution in [0.3, 0.4) is 0 Å². The van der Waals surface area contributed by atoms with Crippen LogP contribution in [-0.4, -0.2) is 30.2 Å². The van der Waals surface area contributed by atoms with E-state index in [1.807, 2.05) is 0 Å². The smallest absolute Gasteiger partial charge is 0.211 e. The first-order valence-electron chi connectivity index (χ1n) is 3.51. The molecule has 0 radical (unpaired) electrons. The Morgan fingerprint density at radius 1 is 1.80 bits per heavy atom. The molecule has 1 heterocycles. The molecule has 0 saturated carbocycles. The fourth-order valence-corrected chi connectivity index (χ4v) is 1.19. The summed E-state index contributed by atoms with van der Waals surface area (Å²) in [6.45, 7) is 2.86. The van der Waals surface area contributed by atoms with E-state index in [0.29, 0.717) is 6.04 Å². The zero-order chi connectivity index (χ0) is 7.56. The lowest BCUT2D eigenvalue weighted by Crippen LogP contribution is -2.30. The van der Waals surface area contributed by atoms with E-state index in [1.54, 1.807) is 0 Å². The number of hydrogen-bond acceptors (Lipinski definition) is 4. The van der Waals surface area contributed by atoms with Crippen LogP contribution >= 0.6 is 0 Å². The van der Waals surface area contributed by atoms with Crippen molar-refractivity contribution in [2.24, 2.45) is 5.73 Å². The van der Waals surface area contributed by atoms with Crippen molar-refractivity contribution in [1.29, 1.82) is 0 Å². The van der Waals surface area contributed by atoms with Crippen molar-refractivity contribution in [2.45, 2.75) is 31.9 Å². The maximum atomic E-state index is 8.63. The molecule has 1 rings (SSSR count). The number of ether oxygens (including phenoxy) is 1. The lowest BCUT2D eigenvalue weighted by atomic mass is 10.2. The van der Waals surface area contributed by atoms with Crippen LogP contribution in [0.25, 0.3) is 0 Å². The molecule has 1 saturated heterocycles. The van der Waals surface area contributed by atoms with Crippen LogP contribution in [0.5, 0.6) is 0 Å². The van der Waals surface area contributed by atoms with Gasteiger partial charge in [0, 0.05) is 12.6 Å². The van der Waals surface area contributed by atoms with Crippen LogP contribution < -0.4 is 11.1 Å². The van der Waals surface area contributed by atoms with Gasteiger partial charge in [-0.15, -0.1) is 0 Å². The van der Waals surface area contributed by atoms with Crippen LogP contribution in [0.1, 0.15) is 13.3 Å². The van der Waals surface area contributed by atoms with Gasteiger partial charge in [-0.25, -0.2) is 0 Å². The molecule has 0 aromatic rings. The van der Waals surface area contributed by atoms with Crippen molar-refractivity contribution in [1.82, 2.24) is 5.32 Å². The largest absolute Gasteiger partial charge is 0.356 e. The molecule has 4 nitrogen and oxygen atoms in total. The van der Waals surface area contributed by atoms with Gasteiger partial charge in [-0.05, 0) is 13.3 Å². The SMILES string of the molecule is CC1CC(OC(N)O)CN1. The van der Waals surface area contributed by atoms with Gasteiger partial charge >= 0.3 is 0 Å². The Kier molecular flexibility index (Phi) is 2.62.